The lowest BCUT2D eigenvalue weighted by Gasteiger charge is -2.05. The van der Waals surface area contributed by atoms with E-state index in [9.17, 15) is 4.79 Å². The molecule has 0 aliphatic carbocycles. The van der Waals surface area contributed by atoms with Crippen LogP contribution in [0.5, 0.6) is 0 Å². The predicted octanol–water partition coefficient (Wildman–Crippen LogP) is 3.18. The van der Waals surface area contributed by atoms with Gasteiger partial charge in [-0.1, -0.05) is 32.9 Å². The Kier molecular flexibility index (Phi) is 12.7. The standard InChI is InChI=1S/C9H16O2.C2H6/c1-4-5-6-8(2)7-9(10)11-3;1-2/h4-5,8H,6-7H2,1-3H3;1-2H3. The third-order valence-electron chi connectivity index (χ3n) is 1.52. The summed E-state index contributed by atoms with van der Waals surface area (Å²) in [6.07, 6.45) is 5.52. The number of allylic oxidation sites excluding steroid dienone is 2. The molecule has 78 valence electrons. The topological polar surface area (TPSA) is 26.3 Å². The maximum absolute atomic E-state index is 10.7. The molecule has 0 aliphatic heterocycles. The van der Waals surface area contributed by atoms with Crippen LogP contribution in [-0.2, 0) is 9.53 Å². The molecule has 0 radical (unpaired) electrons. The summed E-state index contributed by atoms with van der Waals surface area (Å²) in [4.78, 5) is 10.7. The number of carbonyl (C=O) groups excluding carboxylic acids is 1. The third-order valence-corrected chi connectivity index (χ3v) is 1.52. The van der Waals surface area contributed by atoms with Crippen molar-refractivity contribution in [1.29, 1.82) is 0 Å². The van der Waals surface area contributed by atoms with Gasteiger partial charge >= 0.3 is 5.97 Å². The summed E-state index contributed by atoms with van der Waals surface area (Å²) in [6.45, 7) is 8.02. The predicted molar refractivity (Wildman–Crippen MR) is 56.6 cm³/mol. The Morgan fingerprint density at radius 2 is 2.00 bits per heavy atom. The lowest BCUT2D eigenvalue weighted by Crippen LogP contribution is -2.06. The van der Waals surface area contributed by atoms with E-state index >= 15 is 0 Å². The molecule has 0 aliphatic rings. The van der Waals surface area contributed by atoms with E-state index in [0.717, 1.165) is 6.42 Å². The molecule has 0 saturated heterocycles. The largest absolute Gasteiger partial charge is 0.469 e. The minimum Gasteiger partial charge on any atom is -0.469 e. The minimum atomic E-state index is -0.123. The van der Waals surface area contributed by atoms with Crippen molar-refractivity contribution in [3.05, 3.63) is 12.2 Å². The molecule has 1 unspecified atom stereocenters. The summed E-state index contributed by atoms with van der Waals surface area (Å²) in [7, 11) is 1.42. The number of ether oxygens (including phenoxy) is 1. The monoisotopic (exact) mass is 186 g/mol. The first kappa shape index (κ1) is 14.7. The maximum Gasteiger partial charge on any atom is 0.305 e. The first-order valence-electron chi connectivity index (χ1n) is 4.88. The maximum atomic E-state index is 10.7. The van der Waals surface area contributed by atoms with Crippen LogP contribution in [0.3, 0.4) is 0 Å². The number of carbonyl (C=O) groups is 1. The number of hydrogen-bond acceptors (Lipinski definition) is 2. The van der Waals surface area contributed by atoms with Crippen LogP contribution >= 0.6 is 0 Å². The van der Waals surface area contributed by atoms with E-state index in [-0.39, 0.29) is 5.97 Å². The lowest BCUT2D eigenvalue weighted by molar-refractivity contribution is -0.141. The Labute approximate surface area is 82.0 Å². The minimum absolute atomic E-state index is 0.123. The highest BCUT2D eigenvalue weighted by Crippen LogP contribution is 2.08. The molecular weight excluding hydrogens is 164 g/mol. The van der Waals surface area contributed by atoms with Crippen LogP contribution in [0, 0.1) is 5.92 Å². The van der Waals surface area contributed by atoms with Crippen molar-refractivity contribution < 1.29 is 9.53 Å². The first-order valence-corrected chi connectivity index (χ1v) is 4.88. The number of methoxy groups -OCH3 is 1. The van der Waals surface area contributed by atoms with E-state index < -0.39 is 0 Å². The summed E-state index contributed by atoms with van der Waals surface area (Å²) in [6, 6.07) is 0. The van der Waals surface area contributed by atoms with Gasteiger partial charge in [-0.25, -0.2) is 0 Å². The Bertz CT molecular complexity index is 139. The average Bonchev–Trinajstić information content (AvgIpc) is 2.17. The molecule has 0 spiro atoms. The van der Waals surface area contributed by atoms with E-state index in [2.05, 4.69) is 10.8 Å². The van der Waals surface area contributed by atoms with Gasteiger partial charge in [0, 0.05) is 6.42 Å². The Morgan fingerprint density at radius 3 is 2.38 bits per heavy atom. The molecule has 0 N–H and O–H groups in total. The molecule has 0 heterocycles. The summed E-state index contributed by atoms with van der Waals surface area (Å²) in [5.41, 5.74) is 0. The highest BCUT2D eigenvalue weighted by Gasteiger charge is 2.06. The van der Waals surface area contributed by atoms with E-state index in [0.29, 0.717) is 12.3 Å². The van der Waals surface area contributed by atoms with E-state index in [1.54, 1.807) is 0 Å². The van der Waals surface area contributed by atoms with Crippen LogP contribution in [0.2, 0.25) is 0 Å². The quantitative estimate of drug-likeness (QED) is 0.498. The molecule has 0 saturated carbocycles. The first-order chi connectivity index (χ1) is 6.20. The second-order valence-electron chi connectivity index (χ2n) is 2.69. The van der Waals surface area contributed by atoms with Crippen LogP contribution < -0.4 is 0 Å². The Morgan fingerprint density at radius 1 is 1.46 bits per heavy atom. The smallest absolute Gasteiger partial charge is 0.305 e. The number of hydrogen-bond donors (Lipinski definition) is 0. The van der Waals surface area contributed by atoms with Crippen LogP contribution in [0.1, 0.15) is 40.5 Å². The van der Waals surface area contributed by atoms with Crippen LogP contribution in [0.15, 0.2) is 12.2 Å². The number of rotatable bonds is 4. The zero-order valence-corrected chi connectivity index (χ0v) is 9.46. The van der Waals surface area contributed by atoms with Crippen molar-refractivity contribution in [3.8, 4) is 0 Å². The van der Waals surface area contributed by atoms with Gasteiger partial charge in [0.1, 0.15) is 0 Å². The van der Waals surface area contributed by atoms with Crippen molar-refractivity contribution >= 4 is 5.97 Å². The normalized spacial score (nSPS) is 11.8. The molecule has 0 aromatic rings. The third kappa shape index (κ3) is 11.2. The highest BCUT2D eigenvalue weighted by atomic mass is 16.5. The fourth-order valence-electron chi connectivity index (χ4n) is 0.820. The summed E-state index contributed by atoms with van der Waals surface area (Å²) in [5, 5.41) is 0. The molecule has 0 amide bonds. The van der Waals surface area contributed by atoms with Gasteiger partial charge in [0.2, 0.25) is 0 Å². The zero-order chi connectivity index (χ0) is 10.7. The summed E-state index contributed by atoms with van der Waals surface area (Å²) < 4.78 is 4.54. The van der Waals surface area contributed by atoms with E-state index in [1.165, 1.54) is 7.11 Å². The molecule has 1 atom stereocenters. The van der Waals surface area contributed by atoms with Crippen LogP contribution in [0.25, 0.3) is 0 Å². The van der Waals surface area contributed by atoms with Crippen LogP contribution in [-0.4, -0.2) is 13.1 Å². The Hall–Kier alpha value is -0.790. The molecule has 0 bridgehead atoms. The van der Waals surface area contributed by atoms with Crippen LogP contribution in [0.4, 0.5) is 0 Å². The van der Waals surface area contributed by atoms with Crippen molar-refractivity contribution in [3.63, 3.8) is 0 Å². The molecule has 0 aromatic carbocycles. The molecule has 2 nitrogen and oxygen atoms in total. The SMILES string of the molecule is CC.CC=CCC(C)CC(=O)OC. The highest BCUT2D eigenvalue weighted by molar-refractivity contribution is 5.69. The van der Waals surface area contributed by atoms with Gasteiger partial charge in [0.15, 0.2) is 0 Å². The summed E-state index contributed by atoms with van der Waals surface area (Å²) in [5.74, 6) is 0.264. The van der Waals surface area contributed by atoms with Gasteiger partial charge in [-0.3, -0.25) is 4.79 Å². The molecule has 0 rings (SSSR count). The van der Waals surface area contributed by atoms with Crippen molar-refractivity contribution in [1.82, 2.24) is 0 Å². The summed E-state index contributed by atoms with van der Waals surface area (Å²) >= 11 is 0. The van der Waals surface area contributed by atoms with Gasteiger partial charge in [0.05, 0.1) is 7.11 Å². The van der Waals surface area contributed by atoms with Crippen molar-refractivity contribution in [2.24, 2.45) is 5.92 Å². The second-order valence-corrected chi connectivity index (χ2v) is 2.69. The fraction of sp³-hybridized carbons (Fsp3) is 0.727. The average molecular weight is 186 g/mol. The molecule has 0 aromatic heterocycles. The second kappa shape index (κ2) is 11.2. The lowest BCUT2D eigenvalue weighted by atomic mass is 10.0. The van der Waals surface area contributed by atoms with Gasteiger partial charge in [-0.15, -0.1) is 0 Å². The van der Waals surface area contributed by atoms with Crippen molar-refractivity contribution in [2.75, 3.05) is 7.11 Å². The molecule has 2 heteroatoms. The van der Waals surface area contributed by atoms with E-state index in [1.807, 2.05) is 33.8 Å². The molecular formula is C11H22O2. The van der Waals surface area contributed by atoms with E-state index in [4.69, 9.17) is 0 Å². The Balaban J connectivity index is 0. The van der Waals surface area contributed by atoms with Gasteiger partial charge < -0.3 is 4.74 Å². The van der Waals surface area contributed by atoms with Gasteiger partial charge in [-0.05, 0) is 19.3 Å². The van der Waals surface area contributed by atoms with Crippen molar-refractivity contribution in [2.45, 2.75) is 40.5 Å². The number of esters is 1. The molecule has 13 heavy (non-hydrogen) atoms. The molecule has 0 fully saturated rings. The van der Waals surface area contributed by atoms with Gasteiger partial charge in [-0.2, -0.15) is 0 Å². The zero-order valence-electron chi connectivity index (χ0n) is 9.46. The van der Waals surface area contributed by atoms with Gasteiger partial charge in [0.25, 0.3) is 0 Å². The fourth-order valence-corrected chi connectivity index (χ4v) is 0.820.